The molecule has 0 bridgehead atoms. The maximum Gasteiger partial charge on any atom is 0.332 e. The van der Waals surface area contributed by atoms with Crippen LogP contribution in [0.3, 0.4) is 0 Å². The van der Waals surface area contributed by atoms with Gasteiger partial charge in [0, 0.05) is 33.0 Å². The summed E-state index contributed by atoms with van der Waals surface area (Å²) in [5.74, 6) is -0.141. The predicted octanol–water partition coefficient (Wildman–Crippen LogP) is 4.37. The number of nitrogens with zero attached hydrogens (tertiary/aromatic N) is 2. The summed E-state index contributed by atoms with van der Waals surface area (Å²) < 4.78 is 10.3. The van der Waals surface area contributed by atoms with Crippen molar-refractivity contribution in [1.82, 2.24) is 9.80 Å². The van der Waals surface area contributed by atoms with Gasteiger partial charge in [0.05, 0.1) is 13.2 Å². The number of aliphatic hydroxyl groups excluding tert-OH is 1. The molecule has 2 aromatic rings. The van der Waals surface area contributed by atoms with Gasteiger partial charge < -0.3 is 24.4 Å². The van der Waals surface area contributed by atoms with Gasteiger partial charge in [0.1, 0.15) is 19.3 Å². The first-order valence-electron chi connectivity index (χ1n) is 13.6. The Labute approximate surface area is 232 Å². The molecule has 0 saturated carbocycles. The zero-order chi connectivity index (χ0) is 28.7. The van der Waals surface area contributed by atoms with Gasteiger partial charge in [0.2, 0.25) is 11.8 Å². The van der Waals surface area contributed by atoms with Gasteiger partial charge in [-0.1, -0.05) is 81.4 Å². The summed E-state index contributed by atoms with van der Waals surface area (Å²) in [6, 6.07) is 19.4. The van der Waals surface area contributed by atoms with Crippen molar-refractivity contribution in [3.8, 4) is 0 Å². The third-order valence-electron chi connectivity index (χ3n) is 6.20. The van der Waals surface area contributed by atoms with Crippen LogP contribution in [0, 0.1) is 5.41 Å². The van der Waals surface area contributed by atoms with Crippen molar-refractivity contribution in [3.05, 3.63) is 71.8 Å². The summed E-state index contributed by atoms with van der Waals surface area (Å²) in [7, 11) is 0. The number of likely N-dealkylation sites (tertiary alicyclic amines) is 1. The van der Waals surface area contributed by atoms with Crippen LogP contribution in [0.15, 0.2) is 60.7 Å². The van der Waals surface area contributed by atoms with Crippen LogP contribution in [0.1, 0.15) is 64.2 Å². The largest absolute Gasteiger partial charge is 0.459 e. The average Bonchev–Trinajstić information content (AvgIpc) is 3.48. The van der Waals surface area contributed by atoms with E-state index in [0.717, 1.165) is 24.2 Å². The minimum absolute atomic E-state index is 0.0313. The second-order valence-electron chi connectivity index (χ2n) is 10.9. The standard InChI is InChI=1S/C12H15NO2.C10H19NO.C9H10O3/c1-10(14)13-7-8-15-12(9-13)11-5-3-2-4-6-11;1-10(2,3)8-9(12)11-6-4-5-7-11;10-6-9(11)12-7-8-4-2-1-3-5-8/h2-6,12H,7-9H2,1H3;4-8H2,1-3H3;1-5,10H,6-7H2. The SMILES string of the molecule is CC(=O)N1CCOC(c2ccccc2)C1.CC(C)(C)CC(=O)N1CCCC1.O=C(CO)OCc1ccccc1. The van der Waals surface area contributed by atoms with E-state index in [1.807, 2.05) is 70.5 Å². The molecule has 0 aliphatic carbocycles. The molecule has 2 aliphatic heterocycles. The molecule has 1 atom stereocenters. The fourth-order valence-corrected chi connectivity index (χ4v) is 4.12. The predicted molar refractivity (Wildman–Crippen MR) is 151 cm³/mol. The van der Waals surface area contributed by atoms with Crippen molar-refractivity contribution >= 4 is 17.8 Å². The first-order chi connectivity index (χ1) is 18.6. The van der Waals surface area contributed by atoms with Gasteiger partial charge >= 0.3 is 5.97 Å². The topological polar surface area (TPSA) is 96.4 Å². The average molecular weight is 541 g/mol. The van der Waals surface area contributed by atoms with Crippen LogP contribution in [0.2, 0.25) is 0 Å². The molecule has 1 N–H and O–H groups in total. The Kier molecular flexibility index (Phi) is 13.7. The number of hydrogen-bond acceptors (Lipinski definition) is 6. The molecule has 2 amide bonds. The number of carbonyl (C=O) groups excluding carboxylic acids is 3. The smallest absolute Gasteiger partial charge is 0.332 e. The molecule has 0 radical (unpaired) electrons. The number of aliphatic hydroxyl groups is 1. The molecule has 2 aromatic carbocycles. The van der Waals surface area contributed by atoms with Gasteiger partial charge in [0.25, 0.3) is 0 Å². The maximum atomic E-state index is 11.6. The first kappa shape index (κ1) is 32.0. The quantitative estimate of drug-likeness (QED) is 0.566. The summed E-state index contributed by atoms with van der Waals surface area (Å²) >= 11 is 0. The van der Waals surface area contributed by atoms with E-state index in [1.54, 1.807) is 6.92 Å². The summed E-state index contributed by atoms with van der Waals surface area (Å²) in [6.07, 6.45) is 3.10. The van der Waals surface area contributed by atoms with Crippen molar-refractivity contribution in [2.45, 2.75) is 59.7 Å². The number of amides is 2. The zero-order valence-corrected chi connectivity index (χ0v) is 23.8. The number of morpholine rings is 1. The van der Waals surface area contributed by atoms with Gasteiger partial charge in [-0.15, -0.1) is 0 Å². The van der Waals surface area contributed by atoms with Gasteiger partial charge in [-0.2, -0.15) is 0 Å². The molecule has 2 heterocycles. The van der Waals surface area contributed by atoms with Crippen molar-refractivity contribution in [3.63, 3.8) is 0 Å². The van der Waals surface area contributed by atoms with E-state index in [-0.39, 0.29) is 24.0 Å². The van der Waals surface area contributed by atoms with Crippen molar-refractivity contribution < 1.29 is 29.0 Å². The number of hydrogen-bond donors (Lipinski definition) is 1. The lowest BCUT2D eigenvalue weighted by atomic mass is 9.92. The Bertz CT molecular complexity index is 1000. The van der Waals surface area contributed by atoms with Crippen LogP contribution in [-0.4, -0.2) is 72.1 Å². The second-order valence-corrected chi connectivity index (χ2v) is 10.9. The van der Waals surface area contributed by atoms with Crippen LogP contribution >= 0.6 is 0 Å². The van der Waals surface area contributed by atoms with Crippen molar-refractivity contribution in [1.29, 1.82) is 0 Å². The Morgan fingerprint density at radius 1 is 0.923 bits per heavy atom. The van der Waals surface area contributed by atoms with E-state index in [0.29, 0.717) is 32.0 Å². The van der Waals surface area contributed by atoms with Crippen LogP contribution < -0.4 is 0 Å². The number of ether oxygens (including phenoxy) is 2. The Morgan fingerprint density at radius 3 is 2.05 bits per heavy atom. The first-order valence-corrected chi connectivity index (χ1v) is 13.6. The van der Waals surface area contributed by atoms with Crippen molar-refractivity contribution in [2.75, 3.05) is 39.4 Å². The van der Waals surface area contributed by atoms with E-state index < -0.39 is 12.6 Å². The molecule has 1 unspecified atom stereocenters. The van der Waals surface area contributed by atoms with E-state index in [1.165, 1.54) is 12.8 Å². The molecule has 0 aromatic heterocycles. The number of benzene rings is 2. The highest BCUT2D eigenvalue weighted by Crippen LogP contribution is 2.22. The van der Waals surface area contributed by atoms with Gasteiger partial charge in [-0.25, -0.2) is 4.79 Å². The Hall–Kier alpha value is -3.23. The van der Waals surface area contributed by atoms with Crippen LogP contribution in [0.5, 0.6) is 0 Å². The molecule has 8 heteroatoms. The highest BCUT2D eigenvalue weighted by molar-refractivity contribution is 5.77. The normalized spacial score (nSPS) is 16.8. The number of carbonyl (C=O) groups is 3. The molecule has 214 valence electrons. The third kappa shape index (κ3) is 12.9. The lowest BCUT2D eigenvalue weighted by Crippen LogP contribution is -2.41. The third-order valence-corrected chi connectivity index (χ3v) is 6.20. The zero-order valence-electron chi connectivity index (χ0n) is 23.8. The monoisotopic (exact) mass is 540 g/mol. The molecule has 8 nitrogen and oxygen atoms in total. The maximum absolute atomic E-state index is 11.6. The summed E-state index contributed by atoms with van der Waals surface area (Å²) in [5.41, 5.74) is 2.20. The molecule has 2 saturated heterocycles. The van der Waals surface area contributed by atoms with E-state index >= 15 is 0 Å². The number of rotatable bonds is 5. The van der Waals surface area contributed by atoms with Gasteiger partial charge in [0.15, 0.2) is 0 Å². The van der Waals surface area contributed by atoms with Crippen LogP contribution in [0.4, 0.5) is 0 Å². The second kappa shape index (κ2) is 16.7. The van der Waals surface area contributed by atoms with Crippen LogP contribution in [0.25, 0.3) is 0 Å². The summed E-state index contributed by atoms with van der Waals surface area (Å²) in [6.45, 7) is 11.6. The van der Waals surface area contributed by atoms with E-state index in [4.69, 9.17) is 9.84 Å². The molecule has 0 spiro atoms. The molecule has 4 rings (SSSR count). The Balaban J connectivity index is 0.000000207. The molecule has 2 fully saturated rings. The van der Waals surface area contributed by atoms with Gasteiger partial charge in [-0.3, -0.25) is 9.59 Å². The minimum Gasteiger partial charge on any atom is -0.459 e. The van der Waals surface area contributed by atoms with Crippen LogP contribution in [-0.2, 0) is 30.5 Å². The van der Waals surface area contributed by atoms with Gasteiger partial charge in [-0.05, 0) is 29.4 Å². The Morgan fingerprint density at radius 2 is 1.51 bits per heavy atom. The lowest BCUT2D eigenvalue weighted by molar-refractivity contribution is -0.148. The lowest BCUT2D eigenvalue weighted by Gasteiger charge is -2.32. The van der Waals surface area contributed by atoms with E-state index in [2.05, 4.69) is 25.5 Å². The highest BCUT2D eigenvalue weighted by Gasteiger charge is 2.24. The fraction of sp³-hybridized carbons (Fsp3) is 0.516. The molecular formula is C31H44N2O6. The summed E-state index contributed by atoms with van der Waals surface area (Å²) in [4.78, 5) is 37.2. The molecule has 2 aliphatic rings. The van der Waals surface area contributed by atoms with E-state index in [9.17, 15) is 14.4 Å². The number of esters is 1. The fourth-order valence-electron chi connectivity index (χ4n) is 4.12. The minimum atomic E-state index is -0.598. The summed E-state index contributed by atoms with van der Waals surface area (Å²) in [5, 5.41) is 8.34. The highest BCUT2D eigenvalue weighted by atomic mass is 16.5. The molecule has 39 heavy (non-hydrogen) atoms. The molecular weight excluding hydrogens is 496 g/mol. The van der Waals surface area contributed by atoms with Crippen molar-refractivity contribution in [2.24, 2.45) is 5.41 Å².